The lowest BCUT2D eigenvalue weighted by Crippen LogP contribution is -2.56. The number of aromatic nitrogens is 1. The third-order valence-corrected chi connectivity index (χ3v) is 6.50. The van der Waals surface area contributed by atoms with Crippen LogP contribution in [0.1, 0.15) is 37.3 Å². The number of urea groups is 1. The highest BCUT2D eigenvalue weighted by molar-refractivity contribution is 6.32. The number of nitrogens with one attached hydrogen (secondary N) is 2. The molecule has 2 aromatic rings. The van der Waals surface area contributed by atoms with Crippen LogP contribution in [-0.2, 0) is 6.42 Å². The molecule has 2 amide bonds. The zero-order chi connectivity index (χ0) is 18.4. The highest BCUT2D eigenvalue weighted by atomic mass is 35.5. The number of carbonyl (C=O) groups is 1. The molecule has 26 heavy (non-hydrogen) atoms. The summed E-state index contributed by atoms with van der Waals surface area (Å²) in [5.41, 5.74) is 3.74. The summed E-state index contributed by atoms with van der Waals surface area (Å²) in [7, 11) is 2.17. The van der Waals surface area contributed by atoms with E-state index < -0.39 is 0 Å². The van der Waals surface area contributed by atoms with Gasteiger partial charge in [-0.3, -0.25) is 0 Å². The lowest BCUT2D eigenvalue weighted by Gasteiger charge is -2.46. The molecular formula is C20H27ClN4O. The molecule has 2 heterocycles. The molecule has 5 nitrogen and oxygen atoms in total. The van der Waals surface area contributed by atoms with E-state index in [0.717, 1.165) is 43.1 Å². The summed E-state index contributed by atoms with van der Waals surface area (Å²) in [5, 5.41) is 5.33. The molecule has 1 aliphatic carbocycles. The molecule has 0 radical (unpaired) electrons. The van der Waals surface area contributed by atoms with Crippen LogP contribution in [-0.4, -0.2) is 59.6 Å². The molecule has 3 atom stereocenters. The van der Waals surface area contributed by atoms with Crippen LogP contribution in [0.15, 0.2) is 18.2 Å². The third kappa shape index (κ3) is 2.78. The van der Waals surface area contributed by atoms with Crippen molar-refractivity contribution in [3.05, 3.63) is 34.5 Å². The van der Waals surface area contributed by atoms with E-state index >= 15 is 0 Å². The van der Waals surface area contributed by atoms with Crippen LogP contribution in [0.25, 0.3) is 10.9 Å². The summed E-state index contributed by atoms with van der Waals surface area (Å²) in [5.74, 6) is 0.416. The van der Waals surface area contributed by atoms with Crippen molar-refractivity contribution in [2.24, 2.45) is 0 Å². The van der Waals surface area contributed by atoms with Crippen molar-refractivity contribution < 1.29 is 4.79 Å². The summed E-state index contributed by atoms with van der Waals surface area (Å²) in [4.78, 5) is 20.1. The number of hydrogen-bond acceptors (Lipinski definition) is 2. The van der Waals surface area contributed by atoms with Gasteiger partial charge in [-0.25, -0.2) is 4.79 Å². The SMILES string of the molecule is CCN(CC)C(=O)N[C@H]1CC2c3cccc4[nH]c(Cl)c(c34)CC2N(C)C1. The maximum Gasteiger partial charge on any atom is 0.317 e. The van der Waals surface area contributed by atoms with Crippen LogP contribution in [0.2, 0.25) is 5.15 Å². The summed E-state index contributed by atoms with van der Waals surface area (Å²) < 4.78 is 0. The van der Waals surface area contributed by atoms with Gasteiger partial charge in [0, 0.05) is 48.5 Å². The lowest BCUT2D eigenvalue weighted by atomic mass is 9.74. The molecular weight excluding hydrogens is 348 g/mol. The number of H-pyrrole nitrogens is 1. The minimum Gasteiger partial charge on any atom is -0.345 e. The van der Waals surface area contributed by atoms with Gasteiger partial charge in [-0.05, 0) is 50.9 Å². The van der Waals surface area contributed by atoms with Crippen molar-refractivity contribution in [2.45, 2.75) is 44.7 Å². The predicted octanol–water partition coefficient (Wildman–Crippen LogP) is 3.59. The minimum atomic E-state index is 0.0474. The number of hydrogen-bond donors (Lipinski definition) is 2. The van der Waals surface area contributed by atoms with Crippen LogP contribution in [0.3, 0.4) is 0 Å². The number of carbonyl (C=O) groups excluding carboxylic acids is 1. The molecule has 1 aromatic heterocycles. The van der Waals surface area contributed by atoms with Crippen molar-refractivity contribution in [3.8, 4) is 0 Å². The number of nitrogens with zero attached hydrogens (tertiary/aromatic N) is 2. The maximum absolute atomic E-state index is 12.5. The predicted molar refractivity (Wildman–Crippen MR) is 106 cm³/mol. The zero-order valence-corrected chi connectivity index (χ0v) is 16.4. The first kappa shape index (κ1) is 17.7. The van der Waals surface area contributed by atoms with Gasteiger partial charge in [-0.2, -0.15) is 0 Å². The number of benzene rings is 1. The molecule has 140 valence electrons. The number of halogens is 1. The molecule has 2 N–H and O–H groups in total. The van der Waals surface area contributed by atoms with E-state index in [-0.39, 0.29) is 12.1 Å². The van der Waals surface area contributed by atoms with E-state index in [9.17, 15) is 4.79 Å². The molecule has 0 spiro atoms. The first-order valence-corrected chi connectivity index (χ1v) is 9.95. The molecule has 6 heteroatoms. The number of aromatic amines is 1. The van der Waals surface area contributed by atoms with E-state index in [0.29, 0.717) is 12.0 Å². The Balaban J connectivity index is 1.63. The van der Waals surface area contributed by atoms with Gasteiger partial charge in [0.25, 0.3) is 0 Å². The topological polar surface area (TPSA) is 51.4 Å². The number of rotatable bonds is 3. The number of amides is 2. The van der Waals surface area contributed by atoms with Gasteiger partial charge < -0.3 is 20.1 Å². The molecule has 1 saturated heterocycles. The average Bonchev–Trinajstić information content (AvgIpc) is 2.94. The van der Waals surface area contributed by atoms with Gasteiger partial charge in [-0.15, -0.1) is 0 Å². The van der Waals surface area contributed by atoms with Crippen LogP contribution >= 0.6 is 11.6 Å². The smallest absolute Gasteiger partial charge is 0.317 e. The normalized spacial score (nSPS) is 25.2. The summed E-state index contributed by atoms with van der Waals surface area (Å²) in [6.07, 6.45) is 1.94. The Hall–Kier alpha value is -1.72. The van der Waals surface area contributed by atoms with E-state index in [4.69, 9.17) is 11.6 Å². The Kier molecular flexibility index (Phi) is 4.61. The maximum atomic E-state index is 12.5. The molecule has 0 bridgehead atoms. The van der Waals surface area contributed by atoms with Crippen LogP contribution < -0.4 is 5.32 Å². The van der Waals surface area contributed by atoms with Crippen molar-refractivity contribution in [1.82, 2.24) is 20.1 Å². The monoisotopic (exact) mass is 374 g/mol. The summed E-state index contributed by atoms with van der Waals surface area (Å²) >= 11 is 6.48. The van der Waals surface area contributed by atoms with Gasteiger partial charge in [-0.1, -0.05) is 23.7 Å². The molecule has 1 aromatic carbocycles. The second-order valence-electron chi connectivity index (χ2n) is 7.56. The quantitative estimate of drug-likeness (QED) is 0.862. The average molecular weight is 375 g/mol. The largest absolute Gasteiger partial charge is 0.345 e. The second-order valence-corrected chi connectivity index (χ2v) is 7.94. The van der Waals surface area contributed by atoms with E-state index in [1.54, 1.807) is 0 Å². The first-order valence-electron chi connectivity index (χ1n) is 9.58. The van der Waals surface area contributed by atoms with Crippen molar-refractivity contribution in [3.63, 3.8) is 0 Å². The van der Waals surface area contributed by atoms with Gasteiger partial charge in [0.05, 0.1) is 0 Å². The number of piperidine rings is 1. The molecule has 2 unspecified atom stereocenters. The van der Waals surface area contributed by atoms with Crippen LogP contribution in [0, 0.1) is 0 Å². The number of likely N-dealkylation sites (N-methyl/N-ethyl adjacent to an activating group) is 1. The van der Waals surface area contributed by atoms with Gasteiger partial charge >= 0.3 is 6.03 Å². The number of fused-ring (bicyclic) bond motifs is 2. The van der Waals surface area contributed by atoms with Crippen molar-refractivity contribution >= 4 is 28.5 Å². The Bertz CT molecular complexity index is 829. The Morgan fingerprint density at radius 2 is 2.15 bits per heavy atom. The standard InChI is InChI=1S/C20H27ClN4O/c1-4-25(5-2)20(26)22-12-9-14-13-7-6-8-16-18(13)15(19(21)23-16)10-17(14)24(3)11-12/h6-8,12,14,17,23H,4-5,9-11H2,1-3H3,(H,22,26)/t12-,14?,17?/m0/s1. The van der Waals surface area contributed by atoms with Gasteiger partial charge in [0.1, 0.15) is 5.15 Å². The first-order chi connectivity index (χ1) is 12.5. The van der Waals surface area contributed by atoms with E-state index in [2.05, 4.69) is 40.4 Å². The highest BCUT2D eigenvalue weighted by Gasteiger charge is 2.40. The Morgan fingerprint density at radius 3 is 2.88 bits per heavy atom. The van der Waals surface area contributed by atoms with Crippen LogP contribution in [0.5, 0.6) is 0 Å². The fraction of sp³-hybridized carbons (Fsp3) is 0.550. The molecule has 2 aliphatic rings. The van der Waals surface area contributed by atoms with Gasteiger partial charge in [0.15, 0.2) is 0 Å². The minimum absolute atomic E-state index is 0.0474. The Morgan fingerprint density at radius 1 is 1.38 bits per heavy atom. The lowest BCUT2D eigenvalue weighted by molar-refractivity contribution is 0.124. The van der Waals surface area contributed by atoms with Crippen molar-refractivity contribution in [1.29, 1.82) is 0 Å². The highest BCUT2D eigenvalue weighted by Crippen LogP contribution is 2.45. The zero-order valence-electron chi connectivity index (χ0n) is 15.7. The molecule has 4 rings (SSSR count). The second kappa shape index (κ2) is 6.78. The molecule has 1 aliphatic heterocycles. The van der Waals surface area contributed by atoms with E-state index in [1.165, 1.54) is 16.5 Å². The summed E-state index contributed by atoms with van der Waals surface area (Å²) in [6, 6.07) is 7.08. The van der Waals surface area contributed by atoms with Crippen molar-refractivity contribution in [2.75, 3.05) is 26.7 Å². The third-order valence-electron chi connectivity index (χ3n) is 6.18. The van der Waals surface area contributed by atoms with Gasteiger partial charge in [0.2, 0.25) is 0 Å². The van der Waals surface area contributed by atoms with E-state index in [1.807, 2.05) is 18.7 Å². The summed E-state index contributed by atoms with van der Waals surface area (Å²) in [6.45, 7) is 6.39. The fourth-order valence-corrected chi connectivity index (χ4v) is 5.14. The van der Waals surface area contributed by atoms with Crippen LogP contribution in [0.4, 0.5) is 4.79 Å². The Labute approximate surface area is 159 Å². The molecule has 0 saturated carbocycles. The number of likely N-dealkylation sites (tertiary alicyclic amines) is 1. The molecule has 1 fully saturated rings. The fourth-order valence-electron chi connectivity index (χ4n) is 4.87.